The Morgan fingerprint density at radius 1 is 1.12 bits per heavy atom. The fourth-order valence-electron chi connectivity index (χ4n) is 1.59. The van der Waals surface area contributed by atoms with Crippen molar-refractivity contribution in [2.24, 2.45) is 5.73 Å². The van der Waals surface area contributed by atoms with E-state index in [0.717, 1.165) is 16.9 Å². The highest BCUT2D eigenvalue weighted by atomic mass is 16.5. The minimum Gasteiger partial charge on any atom is -0.493 e. The van der Waals surface area contributed by atoms with Crippen molar-refractivity contribution in [2.45, 2.75) is 13.1 Å². The van der Waals surface area contributed by atoms with Gasteiger partial charge in [0.2, 0.25) is 0 Å². The van der Waals surface area contributed by atoms with Crippen LogP contribution in [0.25, 0.3) is 0 Å². The monoisotopic (exact) mass is 224 g/mol. The normalized spacial score (nSPS) is 12.7. The van der Waals surface area contributed by atoms with E-state index in [4.69, 9.17) is 15.2 Å². The highest BCUT2D eigenvalue weighted by molar-refractivity contribution is 5.47. The van der Waals surface area contributed by atoms with Crippen molar-refractivity contribution in [3.63, 3.8) is 0 Å². The highest BCUT2D eigenvalue weighted by Crippen LogP contribution is 2.32. The molecule has 4 heteroatoms. The van der Waals surface area contributed by atoms with Crippen LogP contribution in [0.15, 0.2) is 12.1 Å². The van der Waals surface area contributed by atoms with Crippen LogP contribution in [0.1, 0.15) is 17.3 Å². The van der Waals surface area contributed by atoms with Crippen molar-refractivity contribution >= 4 is 0 Å². The SMILES string of the molecule is COc1cc(C)c(C(N)N(C)C)cc1OC. The average molecular weight is 224 g/mol. The van der Waals surface area contributed by atoms with Gasteiger partial charge in [0, 0.05) is 0 Å². The zero-order chi connectivity index (χ0) is 12.3. The van der Waals surface area contributed by atoms with Crippen molar-refractivity contribution in [3.05, 3.63) is 23.3 Å². The second-order valence-corrected chi connectivity index (χ2v) is 3.97. The summed E-state index contributed by atoms with van der Waals surface area (Å²) in [4.78, 5) is 1.95. The Bertz CT molecular complexity index is 364. The summed E-state index contributed by atoms with van der Waals surface area (Å²) in [6.07, 6.45) is -0.139. The first-order valence-corrected chi connectivity index (χ1v) is 5.15. The lowest BCUT2D eigenvalue weighted by atomic mass is 10.0. The molecule has 0 aliphatic carbocycles. The zero-order valence-electron chi connectivity index (χ0n) is 10.6. The van der Waals surface area contributed by atoms with Crippen LogP contribution in [0.3, 0.4) is 0 Å². The summed E-state index contributed by atoms with van der Waals surface area (Å²) >= 11 is 0. The third kappa shape index (κ3) is 2.46. The number of nitrogens with zero attached hydrogens (tertiary/aromatic N) is 1. The topological polar surface area (TPSA) is 47.7 Å². The van der Waals surface area contributed by atoms with Gasteiger partial charge in [0.25, 0.3) is 0 Å². The molecule has 0 radical (unpaired) electrons. The molecule has 0 heterocycles. The maximum Gasteiger partial charge on any atom is 0.161 e. The van der Waals surface area contributed by atoms with E-state index in [9.17, 15) is 0 Å². The molecule has 0 fully saturated rings. The van der Waals surface area contributed by atoms with E-state index >= 15 is 0 Å². The van der Waals surface area contributed by atoms with Crippen molar-refractivity contribution in [3.8, 4) is 11.5 Å². The van der Waals surface area contributed by atoms with Gasteiger partial charge in [-0.3, -0.25) is 4.90 Å². The molecule has 1 aromatic rings. The molecule has 0 aromatic heterocycles. The molecule has 0 bridgehead atoms. The summed E-state index contributed by atoms with van der Waals surface area (Å²) in [5.74, 6) is 1.44. The van der Waals surface area contributed by atoms with Gasteiger partial charge in [0.05, 0.1) is 20.4 Å². The number of nitrogens with two attached hydrogens (primary N) is 1. The Balaban J connectivity index is 3.21. The molecule has 0 amide bonds. The molecule has 0 saturated carbocycles. The van der Waals surface area contributed by atoms with Gasteiger partial charge in [-0.25, -0.2) is 0 Å². The highest BCUT2D eigenvalue weighted by Gasteiger charge is 2.15. The first-order chi connectivity index (χ1) is 7.51. The number of benzene rings is 1. The fraction of sp³-hybridized carbons (Fsp3) is 0.500. The number of hydrogen-bond donors (Lipinski definition) is 1. The first kappa shape index (κ1) is 12.8. The van der Waals surface area contributed by atoms with Gasteiger partial charge >= 0.3 is 0 Å². The molecule has 1 atom stereocenters. The molecule has 4 nitrogen and oxygen atoms in total. The number of aryl methyl sites for hydroxylation is 1. The van der Waals surface area contributed by atoms with Gasteiger partial charge in [-0.2, -0.15) is 0 Å². The van der Waals surface area contributed by atoms with Crippen molar-refractivity contribution < 1.29 is 9.47 Å². The summed E-state index contributed by atoms with van der Waals surface area (Å²) in [5, 5.41) is 0. The lowest BCUT2D eigenvalue weighted by Crippen LogP contribution is -2.28. The third-order valence-corrected chi connectivity index (χ3v) is 2.65. The smallest absolute Gasteiger partial charge is 0.161 e. The molecule has 0 spiro atoms. The molecule has 1 aromatic carbocycles. The van der Waals surface area contributed by atoms with Crippen molar-refractivity contribution in [1.29, 1.82) is 0 Å². The summed E-state index contributed by atoms with van der Waals surface area (Å²) in [7, 11) is 7.14. The molecule has 90 valence electrons. The molecule has 0 aliphatic heterocycles. The van der Waals surface area contributed by atoms with E-state index in [1.807, 2.05) is 38.1 Å². The molecule has 1 unspecified atom stereocenters. The minimum absolute atomic E-state index is 0.139. The lowest BCUT2D eigenvalue weighted by Gasteiger charge is -2.23. The average Bonchev–Trinajstić information content (AvgIpc) is 2.27. The Kier molecular flexibility index (Phi) is 4.15. The van der Waals surface area contributed by atoms with E-state index in [1.54, 1.807) is 14.2 Å². The first-order valence-electron chi connectivity index (χ1n) is 5.15. The van der Waals surface area contributed by atoms with Crippen LogP contribution >= 0.6 is 0 Å². The van der Waals surface area contributed by atoms with Crippen molar-refractivity contribution in [2.75, 3.05) is 28.3 Å². The summed E-state index contributed by atoms with van der Waals surface area (Å²) in [6.45, 7) is 2.01. The third-order valence-electron chi connectivity index (χ3n) is 2.65. The largest absolute Gasteiger partial charge is 0.493 e. The van der Waals surface area contributed by atoms with E-state index in [0.29, 0.717) is 5.75 Å². The van der Waals surface area contributed by atoms with Crippen LogP contribution in [0, 0.1) is 6.92 Å². The predicted octanol–water partition coefficient (Wildman–Crippen LogP) is 1.53. The lowest BCUT2D eigenvalue weighted by molar-refractivity contribution is 0.303. The van der Waals surface area contributed by atoms with Gasteiger partial charge in [0.15, 0.2) is 11.5 Å². The summed E-state index contributed by atoms with van der Waals surface area (Å²) in [5.41, 5.74) is 8.22. The number of ether oxygens (including phenoxy) is 2. The summed E-state index contributed by atoms with van der Waals surface area (Å²) < 4.78 is 10.5. The van der Waals surface area contributed by atoms with Gasteiger partial charge in [-0.15, -0.1) is 0 Å². The fourth-order valence-corrected chi connectivity index (χ4v) is 1.59. The zero-order valence-corrected chi connectivity index (χ0v) is 10.6. The molecule has 0 saturated heterocycles. The maximum absolute atomic E-state index is 6.08. The molecule has 0 aliphatic rings. The van der Waals surface area contributed by atoms with E-state index in [1.165, 1.54) is 0 Å². The van der Waals surface area contributed by atoms with Crippen LogP contribution in [0.5, 0.6) is 11.5 Å². The number of hydrogen-bond acceptors (Lipinski definition) is 4. The second-order valence-electron chi connectivity index (χ2n) is 3.97. The van der Waals surface area contributed by atoms with Gasteiger partial charge < -0.3 is 15.2 Å². The summed E-state index contributed by atoms with van der Waals surface area (Å²) in [6, 6.07) is 3.87. The number of rotatable bonds is 4. The Morgan fingerprint density at radius 2 is 1.62 bits per heavy atom. The molecular weight excluding hydrogens is 204 g/mol. The molecule has 1 rings (SSSR count). The molecule has 16 heavy (non-hydrogen) atoms. The van der Waals surface area contributed by atoms with Crippen LogP contribution < -0.4 is 15.2 Å². The van der Waals surface area contributed by atoms with Gasteiger partial charge in [-0.1, -0.05) is 0 Å². The van der Waals surface area contributed by atoms with Crippen LogP contribution in [-0.2, 0) is 0 Å². The van der Waals surface area contributed by atoms with Gasteiger partial charge in [0.1, 0.15) is 0 Å². The quantitative estimate of drug-likeness (QED) is 0.788. The van der Waals surface area contributed by atoms with Crippen molar-refractivity contribution in [1.82, 2.24) is 4.90 Å². The van der Waals surface area contributed by atoms with Crippen LogP contribution in [0.4, 0.5) is 0 Å². The van der Waals surface area contributed by atoms with Crippen LogP contribution in [0.2, 0.25) is 0 Å². The molecular formula is C12H20N2O2. The second kappa shape index (κ2) is 5.18. The predicted molar refractivity (Wildman–Crippen MR) is 64.9 cm³/mol. The van der Waals surface area contributed by atoms with E-state index in [2.05, 4.69) is 0 Å². The van der Waals surface area contributed by atoms with Crippen LogP contribution in [-0.4, -0.2) is 33.2 Å². The Morgan fingerprint density at radius 3 is 2.06 bits per heavy atom. The number of methoxy groups -OCH3 is 2. The maximum atomic E-state index is 6.08. The minimum atomic E-state index is -0.139. The standard InChI is InChI=1S/C12H20N2O2/c1-8-6-10(15-4)11(16-5)7-9(8)12(13)14(2)3/h6-7,12H,13H2,1-5H3. The Hall–Kier alpha value is -1.26. The molecule has 2 N–H and O–H groups in total. The van der Waals surface area contributed by atoms with E-state index < -0.39 is 0 Å². The van der Waals surface area contributed by atoms with Gasteiger partial charge in [-0.05, 0) is 44.3 Å². The van der Waals surface area contributed by atoms with E-state index in [-0.39, 0.29) is 6.17 Å². The Labute approximate surface area is 96.9 Å².